The van der Waals surface area contributed by atoms with E-state index in [0.29, 0.717) is 23.1 Å². The summed E-state index contributed by atoms with van der Waals surface area (Å²) in [7, 11) is 0. The van der Waals surface area contributed by atoms with Crippen molar-refractivity contribution in [3.8, 4) is 0 Å². The molecule has 1 aliphatic rings. The summed E-state index contributed by atoms with van der Waals surface area (Å²) >= 11 is 12.8. The third kappa shape index (κ3) is 3.22. The molecule has 1 fully saturated rings. The molecule has 0 bridgehead atoms. The summed E-state index contributed by atoms with van der Waals surface area (Å²) in [6.07, 6.45) is 1.48. The summed E-state index contributed by atoms with van der Waals surface area (Å²) in [5, 5.41) is 11.4. The minimum Gasteiger partial charge on any atom is -0.391 e. The van der Waals surface area contributed by atoms with Crippen LogP contribution in [0.4, 0.5) is 5.95 Å². The second-order valence-corrected chi connectivity index (χ2v) is 7.24. The fourth-order valence-electron chi connectivity index (χ4n) is 3.44. The summed E-state index contributed by atoms with van der Waals surface area (Å²) in [4.78, 5) is 6.97. The van der Waals surface area contributed by atoms with Gasteiger partial charge in [-0.15, -0.1) is 0 Å². The molecule has 1 saturated heterocycles. The van der Waals surface area contributed by atoms with Crippen LogP contribution in [0.5, 0.6) is 0 Å². The number of piperidine rings is 1. The van der Waals surface area contributed by atoms with Gasteiger partial charge in [0.2, 0.25) is 5.95 Å². The summed E-state index contributed by atoms with van der Waals surface area (Å²) in [5.41, 5.74) is 2.85. The lowest BCUT2D eigenvalue weighted by Crippen LogP contribution is -2.39. The maximum absolute atomic E-state index is 10.1. The highest BCUT2D eigenvalue weighted by Gasteiger charge is 2.23. The van der Waals surface area contributed by atoms with Crippen LogP contribution in [0.2, 0.25) is 10.0 Å². The first-order valence-corrected chi connectivity index (χ1v) is 9.20. The number of aliphatic hydroxyl groups excluding tert-OH is 1. The highest BCUT2D eigenvalue weighted by atomic mass is 35.5. The zero-order valence-electron chi connectivity index (χ0n) is 13.7. The predicted molar refractivity (Wildman–Crippen MR) is 103 cm³/mol. The first-order valence-electron chi connectivity index (χ1n) is 8.44. The zero-order valence-corrected chi connectivity index (χ0v) is 15.2. The topological polar surface area (TPSA) is 41.3 Å². The summed E-state index contributed by atoms with van der Waals surface area (Å²) in [6.45, 7) is 2.02. The maximum atomic E-state index is 10.1. The molecule has 0 radical (unpaired) electrons. The van der Waals surface area contributed by atoms with E-state index in [1.165, 1.54) is 0 Å². The Labute approximate surface area is 156 Å². The van der Waals surface area contributed by atoms with Gasteiger partial charge in [-0.3, -0.25) is 0 Å². The third-order valence-electron chi connectivity index (χ3n) is 4.69. The van der Waals surface area contributed by atoms with Crippen molar-refractivity contribution in [2.24, 2.45) is 0 Å². The van der Waals surface area contributed by atoms with Gasteiger partial charge >= 0.3 is 0 Å². The Morgan fingerprint density at radius 1 is 1.08 bits per heavy atom. The molecule has 0 saturated carbocycles. The standard InChI is InChI=1S/C19H19Cl2N3O/c20-15-6-3-7-16(21)14(15)12-24-18-9-2-1-8-17(18)22-19(24)23-10-4-5-13(25)11-23/h1-3,6-9,13,25H,4-5,10-12H2/t13-/m1/s1. The molecule has 1 aromatic heterocycles. The van der Waals surface area contributed by atoms with Crippen LogP contribution in [-0.4, -0.2) is 33.9 Å². The van der Waals surface area contributed by atoms with Crippen molar-refractivity contribution in [1.29, 1.82) is 0 Å². The third-order valence-corrected chi connectivity index (χ3v) is 5.40. The quantitative estimate of drug-likeness (QED) is 0.739. The average molecular weight is 376 g/mol. The van der Waals surface area contributed by atoms with Crippen LogP contribution in [0.3, 0.4) is 0 Å². The molecule has 3 aromatic rings. The number of hydrogen-bond donors (Lipinski definition) is 1. The molecule has 4 nitrogen and oxygen atoms in total. The molecule has 0 unspecified atom stereocenters. The molecule has 25 heavy (non-hydrogen) atoms. The summed E-state index contributed by atoms with van der Waals surface area (Å²) < 4.78 is 2.14. The smallest absolute Gasteiger partial charge is 0.206 e. The van der Waals surface area contributed by atoms with Crippen LogP contribution >= 0.6 is 23.2 Å². The fraction of sp³-hybridized carbons (Fsp3) is 0.316. The Morgan fingerprint density at radius 3 is 2.60 bits per heavy atom. The molecular formula is C19H19Cl2N3O. The molecule has 2 heterocycles. The van der Waals surface area contributed by atoms with E-state index >= 15 is 0 Å². The Bertz CT molecular complexity index is 889. The van der Waals surface area contributed by atoms with Gasteiger partial charge in [-0.25, -0.2) is 4.98 Å². The summed E-state index contributed by atoms with van der Waals surface area (Å²) in [6, 6.07) is 13.6. The molecular weight excluding hydrogens is 357 g/mol. The number of hydrogen-bond acceptors (Lipinski definition) is 3. The average Bonchev–Trinajstić information content (AvgIpc) is 2.97. The molecule has 0 amide bonds. The van der Waals surface area contributed by atoms with Crippen molar-refractivity contribution < 1.29 is 5.11 Å². The number of β-amino-alcohol motifs (C(OH)–C–C–N with tert-alkyl or cyclic N) is 1. The lowest BCUT2D eigenvalue weighted by molar-refractivity contribution is 0.153. The Balaban J connectivity index is 1.82. The van der Waals surface area contributed by atoms with Gasteiger partial charge in [-0.1, -0.05) is 41.4 Å². The van der Waals surface area contributed by atoms with Crippen molar-refractivity contribution in [1.82, 2.24) is 9.55 Å². The fourth-order valence-corrected chi connectivity index (χ4v) is 3.95. The van der Waals surface area contributed by atoms with E-state index in [0.717, 1.165) is 41.9 Å². The van der Waals surface area contributed by atoms with Crippen LogP contribution in [0.15, 0.2) is 42.5 Å². The van der Waals surface area contributed by atoms with Gasteiger partial charge in [-0.05, 0) is 37.1 Å². The molecule has 0 spiro atoms. The number of aliphatic hydroxyl groups is 1. The molecule has 6 heteroatoms. The summed E-state index contributed by atoms with van der Waals surface area (Å²) in [5.74, 6) is 0.857. The van der Waals surface area contributed by atoms with E-state index in [2.05, 4.69) is 15.5 Å². The predicted octanol–water partition coefficient (Wildman–Crippen LogP) is 4.35. The van der Waals surface area contributed by atoms with Crippen molar-refractivity contribution in [2.75, 3.05) is 18.0 Å². The van der Waals surface area contributed by atoms with E-state index in [4.69, 9.17) is 28.2 Å². The Hall–Kier alpha value is -1.75. The molecule has 1 aliphatic heterocycles. The number of fused-ring (bicyclic) bond motifs is 1. The molecule has 1 atom stereocenters. The number of imidazole rings is 1. The van der Waals surface area contributed by atoms with Crippen LogP contribution in [-0.2, 0) is 6.54 Å². The number of aromatic nitrogens is 2. The number of rotatable bonds is 3. The van der Waals surface area contributed by atoms with E-state index in [1.54, 1.807) is 0 Å². The van der Waals surface area contributed by atoms with E-state index < -0.39 is 0 Å². The second kappa shape index (κ2) is 6.87. The van der Waals surface area contributed by atoms with Gasteiger partial charge < -0.3 is 14.6 Å². The number of para-hydroxylation sites is 2. The molecule has 1 N–H and O–H groups in total. The SMILES string of the molecule is O[C@@H]1CCCN(c2nc3ccccc3n2Cc2c(Cl)cccc2Cl)C1. The van der Waals surface area contributed by atoms with Crippen molar-refractivity contribution in [3.05, 3.63) is 58.1 Å². The number of halogens is 2. The molecule has 4 rings (SSSR count). The Morgan fingerprint density at radius 2 is 1.84 bits per heavy atom. The van der Waals surface area contributed by atoms with Gasteiger partial charge in [0.05, 0.1) is 23.7 Å². The van der Waals surface area contributed by atoms with Gasteiger partial charge in [0.15, 0.2) is 0 Å². The second-order valence-electron chi connectivity index (χ2n) is 6.43. The van der Waals surface area contributed by atoms with E-state index in [9.17, 15) is 5.11 Å². The molecule has 0 aliphatic carbocycles. The number of benzene rings is 2. The normalized spacial score (nSPS) is 18.0. The molecule has 2 aromatic carbocycles. The number of anilines is 1. The van der Waals surface area contributed by atoms with E-state index in [-0.39, 0.29) is 6.10 Å². The highest BCUT2D eigenvalue weighted by molar-refractivity contribution is 6.36. The van der Waals surface area contributed by atoms with Gasteiger partial charge in [0.1, 0.15) is 0 Å². The van der Waals surface area contributed by atoms with Gasteiger partial charge in [0.25, 0.3) is 0 Å². The van der Waals surface area contributed by atoms with Crippen molar-refractivity contribution in [3.63, 3.8) is 0 Å². The lowest BCUT2D eigenvalue weighted by Gasteiger charge is -2.31. The van der Waals surface area contributed by atoms with Gasteiger partial charge in [-0.2, -0.15) is 0 Å². The highest BCUT2D eigenvalue weighted by Crippen LogP contribution is 2.30. The van der Waals surface area contributed by atoms with Crippen molar-refractivity contribution in [2.45, 2.75) is 25.5 Å². The largest absolute Gasteiger partial charge is 0.391 e. The minimum atomic E-state index is -0.314. The monoisotopic (exact) mass is 375 g/mol. The van der Waals surface area contributed by atoms with Crippen LogP contribution in [0.25, 0.3) is 11.0 Å². The first kappa shape index (κ1) is 16.7. The van der Waals surface area contributed by atoms with Crippen LogP contribution in [0, 0.1) is 0 Å². The minimum absolute atomic E-state index is 0.314. The Kier molecular flexibility index (Phi) is 4.59. The van der Waals surface area contributed by atoms with E-state index in [1.807, 2.05) is 36.4 Å². The first-order chi connectivity index (χ1) is 12.1. The van der Waals surface area contributed by atoms with Crippen LogP contribution < -0.4 is 4.90 Å². The van der Waals surface area contributed by atoms with Gasteiger partial charge in [0, 0.05) is 28.7 Å². The molecule has 130 valence electrons. The van der Waals surface area contributed by atoms with Crippen molar-refractivity contribution >= 4 is 40.2 Å². The van der Waals surface area contributed by atoms with Crippen LogP contribution in [0.1, 0.15) is 18.4 Å². The number of nitrogens with zero attached hydrogens (tertiary/aromatic N) is 3. The maximum Gasteiger partial charge on any atom is 0.206 e. The lowest BCUT2D eigenvalue weighted by atomic mass is 10.1. The zero-order chi connectivity index (χ0) is 17.4.